The van der Waals surface area contributed by atoms with Crippen LogP contribution < -0.4 is 10.9 Å². The van der Waals surface area contributed by atoms with E-state index in [4.69, 9.17) is 0 Å². The van der Waals surface area contributed by atoms with Gasteiger partial charge in [-0.3, -0.25) is 10.2 Å². The Bertz CT molecular complexity index is 891. The maximum absolute atomic E-state index is 11.3. The third-order valence-electron chi connectivity index (χ3n) is 3.96. The highest BCUT2D eigenvalue weighted by atomic mass is 16.3. The predicted octanol–water partition coefficient (Wildman–Crippen LogP) is 2.11. The lowest BCUT2D eigenvalue weighted by Crippen LogP contribution is -2.31. The summed E-state index contributed by atoms with van der Waals surface area (Å²) in [6.07, 6.45) is 1.73. The Hall–Kier alpha value is -3.55. The van der Waals surface area contributed by atoms with Crippen LogP contribution in [0.3, 0.4) is 0 Å². The fourth-order valence-electron chi connectivity index (χ4n) is 2.58. The Kier molecular flexibility index (Phi) is 4.74. The van der Waals surface area contributed by atoms with Gasteiger partial charge in [0.15, 0.2) is 11.5 Å². The number of benzene rings is 2. The van der Waals surface area contributed by atoms with E-state index in [9.17, 15) is 20.1 Å². The molecular weight excluding hydrogens is 336 g/mol. The SMILES string of the molecule is CC1CC(=O)NN=C1c1ccc(NN=Cc2cc(O)c(O)cc2O)cc1. The van der Waals surface area contributed by atoms with E-state index >= 15 is 0 Å². The molecule has 0 aromatic heterocycles. The molecule has 0 radical (unpaired) electrons. The van der Waals surface area contributed by atoms with Crippen molar-refractivity contribution in [3.05, 3.63) is 47.5 Å². The molecule has 0 bridgehead atoms. The van der Waals surface area contributed by atoms with Gasteiger partial charge >= 0.3 is 0 Å². The van der Waals surface area contributed by atoms with Crippen molar-refractivity contribution in [3.63, 3.8) is 0 Å². The predicted molar refractivity (Wildman–Crippen MR) is 97.6 cm³/mol. The van der Waals surface area contributed by atoms with E-state index in [1.165, 1.54) is 12.3 Å². The Balaban J connectivity index is 1.68. The van der Waals surface area contributed by atoms with Gasteiger partial charge in [0.05, 0.1) is 17.6 Å². The molecule has 134 valence electrons. The third-order valence-corrected chi connectivity index (χ3v) is 3.96. The largest absolute Gasteiger partial charge is 0.507 e. The summed E-state index contributed by atoms with van der Waals surface area (Å²) < 4.78 is 0. The molecule has 0 spiro atoms. The lowest BCUT2D eigenvalue weighted by molar-refractivity contribution is -0.121. The molecule has 2 aromatic carbocycles. The molecular formula is C18H18N4O4. The molecule has 26 heavy (non-hydrogen) atoms. The Morgan fingerprint density at radius 2 is 1.85 bits per heavy atom. The molecule has 1 unspecified atom stereocenters. The number of nitrogens with zero attached hydrogens (tertiary/aromatic N) is 2. The third kappa shape index (κ3) is 3.75. The van der Waals surface area contributed by atoms with Crippen LogP contribution in [0.2, 0.25) is 0 Å². The average molecular weight is 354 g/mol. The Labute approximate surface area is 149 Å². The summed E-state index contributed by atoms with van der Waals surface area (Å²) in [6.45, 7) is 1.95. The second kappa shape index (κ2) is 7.14. The number of phenolic OH excluding ortho intramolecular Hbond substituents is 3. The summed E-state index contributed by atoms with van der Waals surface area (Å²) in [6, 6.07) is 9.61. The van der Waals surface area contributed by atoms with E-state index in [0.717, 1.165) is 17.3 Å². The van der Waals surface area contributed by atoms with Gasteiger partial charge in [-0.05, 0) is 23.8 Å². The highest BCUT2D eigenvalue weighted by Crippen LogP contribution is 2.31. The van der Waals surface area contributed by atoms with Crippen LogP contribution in [0.1, 0.15) is 24.5 Å². The van der Waals surface area contributed by atoms with Crippen LogP contribution in [0.25, 0.3) is 0 Å². The molecule has 1 atom stereocenters. The summed E-state index contributed by atoms with van der Waals surface area (Å²) in [5.74, 6) is -0.988. The molecule has 3 rings (SSSR count). The van der Waals surface area contributed by atoms with E-state index in [1.807, 2.05) is 31.2 Å². The van der Waals surface area contributed by atoms with Gasteiger partial charge in [0.25, 0.3) is 0 Å². The zero-order chi connectivity index (χ0) is 18.7. The molecule has 1 aliphatic heterocycles. The van der Waals surface area contributed by atoms with E-state index in [2.05, 4.69) is 21.1 Å². The molecule has 0 saturated carbocycles. The number of phenols is 3. The smallest absolute Gasteiger partial charge is 0.240 e. The number of hydrazone groups is 2. The van der Waals surface area contributed by atoms with Crippen molar-refractivity contribution in [2.24, 2.45) is 16.1 Å². The number of nitrogens with one attached hydrogen (secondary N) is 2. The zero-order valence-corrected chi connectivity index (χ0v) is 14.0. The quantitative estimate of drug-likeness (QED) is 0.249. The normalized spacial score (nSPS) is 17.0. The van der Waals surface area contributed by atoms with Gasteiger partial charge < -0.3 is 15.3 Å². The first kappa shape index (κ1) is 17.3. The number of amides is 1. The Morgan fingerprint density at radius 1 is 1.15 bits per heavy atom. The van der Waals surface area contributed by atoms with Gasteiger partial charge in [-0.2, -0.15) is 10.2 Å². The highest BCUT2D eigenvalue weighted by molar-refractivity contribution is 6.05. The molecule has 1 amide bonds. The molecule has 2 aromatic rings. The van der Waals surface area contributed by atoms with Crippen LogP contribution in [0.4, 0.5) is 5.69 Å². The monoisotopic (exact) mass is 354 g/mol. The lowest BCUT2D eigenvalue weighted by Gasteiger charge is -2.19. The topological polar surface area (TPSA) is 127 Å². The maximum Gasteiger partial charge on any atom is 0.240 e. The first-order valence-corrected chi connectivity index (χ1v) is 7.95. The number of carbonyl (C=O) groups excluding carboxylic acids is 1. The van der Waals surface area contributed by atoms with Crippen molar-refractivity contribution >= 4 is 23.5 Å². The van der Waals surface area contributed by atoms with Crippen LogP contribution >= 0.6 is 0 Å². The fourth-order valence-corrected chi connectivity index (χ4v) is 2.58. The lowest BCUT2D eigenvalue weighted by atomic mass is 9.94. The minimum Gasteiger partial charge on any atom is -0.507 e. The van der Waals surface area contributed by atoms with Crippen LogP contribution in [0.5, 0.6) is 17.2 Å². The summed E-state index contributed by atoms with van der Waals surface area (Å²) in [4.78, 5) is 11.3. The van der Waals surface area contributed by atoms with E-state index in [0.29, 0.717) is 12.1 Å². The Morgan fingerprint density at radius 3 is 2.54 bits per heavy atom. The number of hydrogen-bond acceptors (Lipinski definition) is 7. The van der Waals surface area contributed by atoms with Crippen molar-refractivity contribution in [2.75, 3.05) is 5.43 Å². The van der Waals surface area contributed by atoms with Crippen molar-refractivity contribution in [1.82, 2.24) is 5.43 Å². The van der Waals surface area contributed by atoms with Gasteiger partial charge in [0, 0.05) is 24.0 Å². The molecule has 1 aliphatic rings. The molecule has 0 saturated heterocycles. The van der Waals surface area contributed by atoms with Crippen molar-refractivity contribution < 1.29 is 20.1 Å². The van der Waals surface area contributed by atoms with E-state index < -0.39 is 5.75 Å². The van der Waals surface area contributed by atoms with Gasteiger partial charge in [0.2, 0.25) is 5.91 Å². The maximum atomic E-state index is 11.3. The van der Waals surface area contributed by atoms with Crippen molar-refractivity contribution in [3.8, 4) is 17.2 Å². The average Bonchev–Trinajstić information content (AvgIpc) is 2.60. The minimum atomic E-state index is -0.403. The number of rotatable bonds is 4. The molecule has 5 N–H and O–H groups in total. The first-order chi connectivity index (χ1) is 12.4. The van der Waals surface area contributed by atoms with Crippen LogP contribution in [0, 0.1) is 5.92 Å². The molecule has 1 heterocycles. The van der Waals surface area contributed by atoms with Gasteiger partial charge in [0.1, 0.15) is 5.75 Å². The fraction of sp³-hybridized carbons (Fsp3) is 0.167. The molecule has 0 aliphatic carbocycles. The number of aromatic hydroxyl groups is 3. The minimum absolute atomic E-state index is 0.0470. The second-order valence-corrected chi connectivity index (χ2v) is 5.98. The number of carbonyl (C=O) groups is 1. The summed E-state index contributed by atoms with van der Waals surface area (Å²) >= 11 is 0. The number of anilines is 1. The van der Waals surface area contributed by atoms with E-state index in [-0.39, 0.29) is 28.9 Å². The van der Waals surface area contributed by atoms with Gasteiger partial charge in [-0.25, -0.2) is 5.43 Å². The second-order valence-electron chi connectivity index (χ2n) is 5.98. The van der Waals surface area contributed by atoms with Crippen LogP contribution in [-0.4, -0.2) is 33.2 Å². The first-order valence-electron chi connectivity index (χ1n) is 7.95. The summed E-state index contributed by atoms with van der Waals surface area (Å²) in [5.41, 5.74) is 7.99. The van der Waals surface area contributed by atoms with Gasteiger partial charge in [-0.1, -0.05) is 19.1 Å². The summed E-state index contributed by atoms with van der Waals surface area (Å²) in [5, 5.41) is 36.6. The standard InChI is InChI=1S/C18H18N4O4/c1-10-6-17(26)21-22-18(10)11-2-4-13(5-3-11)20-19-9-12-7-15(24)16(25)8-14(12)23/h2-5,7-10,20,23-25H,6H2,1H3,(H,21,26). The van der Waals surface area contributed by atoms with Crippen LogP contribution in [-0.2, 0) is 4.79 Å². The van der Waals surface area contributed by atoms with Crippen LogP contribution in [0.15, 0.2) is 46.6 Å². The van der Waals surface area contributed by atoms with Gasteiger partial charge in [-0.15, -0.1) is 0 Å². The molecule has 0 fully saturated rings. The summed E-state index contributed by atoms with van der Waals surface area (Å²) in [7, 11) is 0. The van der Waals surface area contributed by atoms with Crippen molar-refractivity contribution in [2.45, 2.75) is 13.3 Å². The highest BCUT2D eigenvalue weighted by Gasteiger charge is 2.21. The number of hydrogen-bond donors (Lipinski definition) is 5. The molecule has 8 nitrogen and oxygen atoms in total. The van der Waals surface area contributed by atoms with Crippen molar-refractivity contribution in [1.29, 1.82) is 0 Å². The van der Waals surface area contributed by atoms with E-state index in [1.54, 1.807) is 0 Å². The molecule has 8 heteroatoms. The zero-order valence-electron chi connectivity index (χ0n) is 14.0.